The molecule has 0 aliphatic heterocycles. The molecular formula is C14H16BrN3. The molecule has 0 aliphatic carbocycles. The van der Waals surface area contributed by atoms with Crippen LogP contribution in [0.1, 0.15) is 11.3 Å². The SMILES string of the molecule is CN(CCc1ccncc1)Cc1ccc(Br)cn1. The topological polar surface area (TPSA) is 29.0 Å². The highest BCUT2D eigenvalue weighted by Gasteiger charge is 2.02. The predicted octanol–water partition coefficient (Wildman–Crippen LogP) is 2.91. The van der Waals surface area contributed by atoms with Crippen molar-refractivity contribution in [3.8, 4) is 0 Å². The fraction of sp³-hybridized carbons (Fsp3) is 0.286. The van der Waals surface area contributed by atoms with E-state index in [1.54, 1.807) is 0 Å². The van der Waals surface area contributed by atoms with Crippen LogP contribution in [0.3, 0.4) is 0 Å². The van der Waals surface area contributed by atoms with E-state index < -0.39 is 0 Å². The van der Waals surface area contributed by atoms with E-state index in [9.17, 15) is 0 Å². The van der Waals surface area contributed by atoms with E-state index in [-0.39, 0.29) is 0 Å². The third-order valence-electron chi connectivity index (χ3n) is 2.75. The molecule has 18 heavy (non-hydrogen) atoms. The predicted molar refractivity (Wildman–Crippen MR) is 76.2 cm³/mol. The maximum Gasteiger partial charge on any atom is 0.0544 e. The molecule has 3 nitrogen and oxygen atoms in total. The molecule has 2 rings (SSSR count). The smallest absolute Gasteiger partial charge is 0.0544 e. The van der Waals surface area contributed by atoms with Crippen molar-refractivity contribution in [1.82, 2.24) is 14.9 Å². The average molecular weight is 306 g/mol. The largest absolute Gasteiger partial charge is 0.300 e. The molecule has 0 saturated heterocycles. The van der Waals surface area contributed by atoms with Crippen LogP contribution in [0.5, 0.6) is 0 Å². The number of rotatable bonds is 5. The zero-order chi connectivity index (χ0) is 12.8. The third-order valence-corrected chi connectivity index (χ3v) is 3.22. The Bertz CT molecular complexity index is 470. The second-order valence-electron chi connectivity index (χ2n) is 4.31. The summed E-state index contributed by atoms with van der Waals surface area (Å²) in [6.07, 6.45) is 6.55. The molecular weight excluding hydrogens is 290 g/mol. The van der Waals surface area contributed by atoms with Crippen LogP contribution < -0.4 is 0 Å². The first kappa shape index (κ1) is 13.2. The summed E-state index contributed by atoms with van der Waals surface area (Å²) in [5.41, 5.74) is 2.41. The Kier molecular flexibility index (Phi) is 4.84. The van der Waals surface area contributed by atoms with Crippen LogP contribution >= 0.6 is 15.9 Å². The van der Waals surface area contributed by atoms with Gasteiger partial charge in [-0.25, -0.2) is 0 Å². The average Bonchev–Trinajstić information content (AvgIpc) is 2.40. The maximum atomic E-state index is 4.37. The molecule has 0 N–H and O–H groups in total. The van der Waals surface area contributed by atoms with Gasteiger partial charge < -0.3 is 4.90 Å². The summed E-state index contributed by atoms with van der Waals surface area (Å²) in [5.74, 6) is 0. The zero-order valence-corrected chi connectivity index (χ0v) is 12.0. The Labute approximate surface area is 116 Å². The molecule has 2 aromatic rings. The van der Waals surface area contributed by atoms with Crippen molar-refractivity contribution < 1.29 is 0 Å². The number of likely N-dealkylation sites (N-methyl/N-ethyl adjacent to an activating group) is 1. The van der Waals surface area contributed by atoms with Gasteiger partial charge in [0.2, 0.25) is 0 Å². The van der Waals surface area contributed by atoms with Crippen molar-refractivity contribution >= 4 is 15.9 Å². The molecule has 0 radical (unpaired) electrons. The number of hydrogen-bond acceptors (Lipinski definition) is 3. The van der Waals surface area contributed by atoms with Gasteiger partial charge in [0, 0.05) is 36.2 Å². The van der Waals surface area contributed by atoms with E-state index >= 15 is 0 Å². The van der Waals surface area contributed by atoms with Crippen molar-refractivity contribution in [3.05, 3.63) is 58.6 Å². The van der Waals surface area contributed by atoms with Crippen LogP contribution in [0, 0.1) is 0 Å². The van der Waals surface area contributed by atoms with Gasteiger partial charge in [0.25, 0.3) is 0 Å². The van der Waals surface area contributed by atoms with Gasteiger partial charge in [-0.15, -0.1) is 0 Å². The van der Waals surface area contributed by atoms with E-state index in [1.165, 1.54) is 5.56 Å². The van der Waals surface area contributed by atoms with Gasteiger partial charge in [0.1, 0.15) is 0 Å². The van der Waals surface area contributed by atoms with Crippen LogP contribution in [0.4, 0.5) is 0 Å². The lowest BCUT2D eigenvalue weighted by Crippen LogP contribution is -2.21. The molecule has 0 bridgehead atoms. The summed E-state index contributed by atoms with van der Waals surface area (Å²) >= 11 is 3.39. The lowest BCUT2D eigenvalue weighted by Gasteiger charge is -2.16. The quantitative estimate of drug-likeness (QED) is 0.850. The fourth-order valence-electron chi connectivity index (χ4n) is 1.72. The van der Waals surface area contributed by atoms with E-state index in [1.807, 2.05) is 30.7 Å². The first-order valence-corrected chi connectivity index (χ1v) is 6.71. The maximum absolute atomic E-state index is 4.37. The van der Waals surface area contributed by atoms with Crippen molar-refractivity contribution in [3.63, 3.8) is 0 Å². The second-order valence-corrected chi connectivity index (χ2v) is 5.23. The first-order chi connectivity index (χ1) is 8.74. The van der Waals surface area contributed by atoms with E-state index in [4.69, 9.17) is 0 Å². The highest BCUT2D eigenvalue weighted by atomic mass is 79.9. The van der Waals surface area contributed by atoms with Crippen LogP contribution in [-0.2, 0) is 13.0 Å². The summed E-state index contributed by atoms with van der Waals surface area (Å²) in [7, 11) is 2.12. The van der Waals surface area contributed by atoms with Crippen molar-refractivity contribution in [1.29, 1.82) is 0 Å². The fourth-order valence-corrected chi connectivity index (χ4v) is 1.96. The van der Waals surface area contributed by atoms with Gasteiger partial charge in [-0.3, -0.25) is 9.97 Å². The molecule has 0 spiro atoms. The van der Waals surface area contributed by atoms with Gasteiger partial charge in [-0.1, -0.05) is 0 Å². The van der Waals surface area contributed by atoms with Crippen molar-refractivity contribution in [2.24, 2.45) is 0 Å². The molecule has 2 aromatic heterocycles. The first-order valence-electron chi connectivity index (χ1n) is 5.92. The lowest BCUT2D eigenvalue weighted by atomic mass is 10.2. The summed E-state index contributed by atoms with van der Waals surface area (Å²) < 4.78 is 1.02. The number of aromatic nitrogens is 2. The molecule has 0 amide bonds. The standard InChI is InChI=1S/C14H16BrN3/c1-18(9-6-12-4-7-16-8-5-12)11-14-3-2-13(15)10-17-14/h2-5,7-8,10H,6,9,11H2,1H3. The van der Waals surface area contributed by atoms with Crippen molar-refractivity contribution in [2.75, 3.05) is 13.6 Å². The van der Waals surface area contributed by atoms with Gasteiger partial charge in [-0.2, -0.15) is 0 Å². The van der Waals surface area contributed by atoms with E-state index in [2.05, 4.69) is 50.0 Å². The summed E-state index contributed by atoms with van der Waals surface area (Å²) in [6.45, 7) is 1.89. The van der Waals surface area contributed by atoms with Crippen molar-refractivity contribution in [2.45, 2.75) is 13.0 Å². The number of pyridine rings is 2. The molecule has 0 unspecified atom stereocenters. The molecule has 0 aliphatic rings. The Hall–Kier alpha value is -1.26. The van der Waals surface area contributed by atoms with Crippen LogP contribution in [0.25, 0.3) is 0 Å². The number of nitrogens with zero attached hydrogens (tertiary/aromatic N) is 3. The van der Waals surface area contributed by atoms with Crippen LogP contribution in [0.15, 0.2) is 47.3 Å². The minimum atomic E-state index is 0.873. The van der Waals surface area contributed by atoms with Gasteiger partial charge in [0.15, 0.2) is 0 Å². The highest BCUT2D eigenvalue weighted by Crippen LogP contribution is 2.09. The Morgan fingerprint density at radius 3 is 2.61 bits per heavy atom. The van der Waals surface area contributed by atoms with Gasteiger partial charge >= 0.3 is 0 Å². The molecule has 0 fully saturated rings. The minimum absolute atomic E-state index is 0.873. The van der Waals surface area contributed by atoms with Crippen LogP contribution in [0.2, 0.25) is 0 Å². The summed E-state index contributed by atoms with van der Waals surface area (Å²) in [6, 6.07) is 8.20. The molecule has 0 aromatic carbocycles. The Morgan fingerprint density at radius 2 is 1.94 bits per heavy atom. The van der Waals surface area contributed by atoms with Crippen LogP contribution in [-0.4, -0.2) is 28.5 Å². The highest BCUT2D eigenvalue weighted by molar-refractivity contribution is 9.10. The third kappa shape index (κ3) is 4.20. The molecule has 4 heteroatoms. The normalized spacial score (nSPS) is 10.8. The molecule has 0 atom stereocenters. The molecule has 94 valence electrons. The second kappa shape index (κ2) is 6.61. The molecule has 2 heterocycles. The van der Waals surface area contributed by atoms with E-state index in [0.717, 1.165) is 29.7 Å². The lowest BCUT2D eigenvalue weighted by molar-refractivity contribution is 0.327. The number of hydrogen-bond donors (Lipinski definition) is 0. The summed E-state index contributed by atoms with van der Waals surface area (Å²) in [5, 5.41) is 0. The molecule has 0 saturated carbocycles. The van der Waals surface area contributed by atoms with E-state index in [0.29, 0.717) is 0 Å². The minimum Gasteiger partial charge on any atom is -0.300 e. The monoisotopic (exact) mass is 305 g/mol. The number of halogens is 1. The van der Waals surface area contributed by atoms with Gasteiger partial charge in [0.05, 0.1) is 5.69 Å². The van der Waals surface area contributed by atoms with Gasteiger partial charge in [-0.05, 0) is 59.2 Å². The zero-order valence-electron chi connectivity index (χ0n) is 10.4. The Morgan fingerprint density at radius 1 is 1.17 bits per heavy atom. The Balaban J connectivity index is 1.82. The summed E-state index contributed by atoms with van der Waals surface area (Å²) in [4.78, 5) is 10.7.